The van der Waals surface area contributed by atoms with Crippen molar-refractivity contribution in [2.75, 3.05) is 19.7 Å². The second-order valence-electron chi connectivity index (χ2n) is 9.07. The highest BCUT2D eigenvalue weighted by Crippen LogP contribution is 2.31. The van der Waals surface area contributed by atoms with Crippen LogP contribution in [-0.4, -0.2) is 42.5 Å². The first-order valence-electron chi connectivity index (χ1n) is 11.6. The highest BCUT2D eigenvalue weighted by molar-refractivity contribution is 5.88. The topological polar surface area (TPSA) is 58.6 Å². The van der Waals surface area contributed by atoms with Gasteiger partial charge < -0.3 is 15.0 Å². The summed E-state index contributed by atoms with van der Waals surface area (Å²) in [4.78, 5) is 27.8. The molecule has 5 nitrogen and oxygen atoms in total. The molecule has 1 atom stereocenters. The minimum atomic E-state index is -0.515. The number of carbonyl (C=O) groups excluding carboxylic acids is 2. The summed E-state index contributed by atoms with van der Waals surface area (Å²) in [5.74, 6) is 0.425. The predicted molar refractivity (Wildman–Crippen MR) is 130 cm³/mol. The van der Waals surface area contributed by atoms with Gasteiger partial charge in [0.05, 0.1) is 0 Å². The van der Waals surface area contributed by atoms with Gasteiger partial charge in [0.25, 0.3) is 5.91 Å². The Hall–Kier alpha value is -2.82. The zero-order chi connectivity index (χ0) is 23.6. The standard InChI is InChI=1S/C27H38N2O3/c1-6-18-28-26(31)23(7-2)29(19-17-21-13-9-8-10-14-21)25(30)20-32-24-16-12-11-15-22(24)27(3,4)5/h8-16,23H,6-7,17-20H2,1-5H3,(H,28,31)/t23-/m1/s1. The van der Waals surface area contributed by atoms with Gasteiger partial charge in [-0.15, -0.1) is 0 Å². The van der Waals surface area contributed by atoms with E-state index in [1.165, 1.54) is 0 Å². The van der Waals surface area contributed by atoms with Crippen molar-refractivity contribution >= 4 is 11.8 Å². The molecule has 0 aromatic heterocycles. The molecule has 174 valence electrons. The van der Waals surface area contributed by atoms with Gasteiger partial charge >= 0.3 is 0 Å². The van der Waals surface area contributed by atoms with Gasteiger partial charge in [0.1, 0.15) is 11.8 Å². The molecular formula is C27H38N2O3. The molecule has 0 radical (unpaired) electrons. The van der Waals surface area contributed by atoms with E-state index in [0.717, 1.165) is 17.5 Å². The van der Waals surface area contributed by atoms with Crippen LogP contribution in [0.15, 0.2) is 54.6 Å². The van der Waals surface area contributed by atoms with Crippen LogP contribution in [0.5, 0.6) is 5.75 Å². The molecule has 0 aliphatic rings. The molecule has 0 aliphatic heterocycles. The van der Waals surface area contributed by atoms with Crippen molar-refractivity contribution in [1.82, 2.24) is 10.2 Å². The summed E-state index contributed by atoms with van der Waals surface area (Å²) < 4.78 is 5.99. The highest BCUT2D eigenvalue weighted by Gasteiger charge is 2.29. The van der Waals surface area contributed by atoms with Crippen LogP contribution in [0.2, 0.25) is 0 Å². The number of carbonyl (C=O) groups is 2. The average molecular weight is 439 g/mol. The molecule has 5 heteroatoms. The number of para-hydroxylation sites is 1. The number of nitrogens with zero attached hydrogens (tertiary/aromatic N) is 1. The van der Waals surface area contributed by atoms with Crippen LogP contribution in [0.4, 0.5) is 0 Å². The van der Waals surface area contributed by atoms with E-state index >= 15 is 0 Å². The van der Waals surface area contributed by atoms with Crippen molar-refractivity contribution in [2.45, 2.75) is 65.3 Å². The molecule has 0 fully saturated rings. The zero-order valence-corrected chi connectivity index (χ0v) is 20.2. The van der Waals surface area contributed by atoms with Gasteiger partial charge in [-0.25, -0.2) is 0 Å². The Balaban J connectivity index is 2.18. The second-order valence-corrected chi connectivity index (χ2v) is 9.07. The third-order valence-corrected chi connectivity index (χ3v) is 5.47. The lowest BCUT2D eigenvalue weighted by atomic mass is 9.86. The summed E-state index contributed by atoms with van der Waals surface area (Å²) in [6.45, 7) is 11.3. The lowest BCUT2D eigenvalue weighted by Crippen LogP contribution is -2.51. The first-order chi connectivity index (χ1) is 15.3. The maximum atomic E-state index is 13.3. The molecular weight excluding hydrogens is 400 g/mol. The molecule has 2 aromatic rings. The molecule has 1 N–H and O–H groups in total. The van der Waals surface area contributed by atoms with Crippen molar-refractivity contribution < 1.29 is 14.3 Å². The van der Waals surface area contributed by atoms with Crippen molar-refractivity contribution in [3.8, 4) is 5.75 Å². The molecule has 0 heterocycles. The van der Waals surface area contributed by atoms with Crippen LogP contribution in [0.3, 0.4) is 0 Å². The van der Waals surface area contributed by atoms with E-state index < -0.39 is 6.04 Å². The van der Waals surface area contributed by atoms with Crippen molar-refractivity contribution in [1.29, 1.82) is 0 Å². The smallest absolute Gasteiger partial charge is 0.261 e. The van der Waals surface area contributed by atoms with Gasteiger partial charge in [0.15, 0.2) is 6.61 Å². The third kappa shape index (κ3) is 7.40. The van der Waals surface area contributed by atoms with E-state index in [9.17, 15) is 9.59 Å². The first kappa shape index (κ1) is 25.4. The van der Waals surface area contributed by atoms with Gasteiger partial charge in [0, 0.05) is 13.1 Å². The maximum absolute atomic E-state index is 13.3. The quantitative estimate of drug-likeness (QED) is 0.551. The molecule has 0 spiro atoms. The van der Waals surface area contributed by atoms with E-state index in [1.807, 2.05) is 68.4 Å². The monoisotopic (exact) mass is 438 g/mol. The summed E-state index contributed by atoms with van der Waals surface area (Å²) in [5.41, 5.74) is 2.09. The van der Waals surface area contributed by atoms with Crippen molar-refractivity contribution in [3.05, 3.63) is 65.7 Å². The number of nitrogens with one attached hydrogen (secondary N) is 1. The Labute approximate surface area is 193 Å². The number of amides is 2. The second kappa shape index (κ2) is 12.3. The maximum Gasteiger partial charge on any atom is 0.261 e. The van der Waals surface area contributed by atoms with Gasteiger partial charge in [-0.05, 0) is 41.9 Å². The Morgan fingerprint density at radius 2 is 1.66 bits per heavy atom. The molecule has 32 heavy (non-hydrogen) atoms. The first-order valence-corrected chi connectivity index (χ1v) is 11.6. The fourth-order valence-corrected chi connectivity index (χ4v) is 3.70. The molecule has 0 saturated heterocycles. The zero-order valence-electron chi connectivity index (χ0n) is 20.2. The lowest BCUT2D eigenvalue weighted by Gasteiger charge is -2.31. The van der Waals surface area contributed by atoms with Crippen LogP contribution in [0.25, 0.3) is 0 Å². The van der Waals surface area contributed by atoms with Crippen molar-refractivity contribution in [2.24, 2.45) is 0 Å². The van der Waals surface area contributed by atoms with Gasteiger partial charge in [-0.2, -0.15) is 0 Å². The summed E-state index contributed by atoms with van der Waals surface area (Å²) in [6, 6.07) is 17.3. The largest absolute Gasteiger partial charge is 0.483 e. The van der Waals surface area contributed by atoms with E-state index in [1.54, 1.807) is 4.90 Å². The summed E-state index contributed by atoms with van der Waals surface area (Å²) >= 11 is 0. The molecule has 0 aliphatic carbocycles. The SMILES string of the molecule is CCCNC(=O)[C@@H](CC)N(CCc1ccccc1)C(=O)COc1ccccc1C(C)(C)C. The fourth-order valence-electron chi connectivity index (χ4n) is 3.70. The van der Waals surface area contributed by atoms with Crippen LogP contribution < -0.4 is 10.1 Å². The summed E-state index contributed by atoms with van der Waals surface area (Å²) in [6.07, 6.45) is 2.09. The number of rotatable bonds is 11. The van der Waals surface area contributed by atoms with E-state index in [0.29, 0.717) is 31.7 Å². The average Bonchev–Trinajstić information content (AvgIpc) is 2.78. The fraction of sp³-hybridized carbons (Fsp3) is 0.481. The lowest BCUT2D eigenvalue weighted by molar-refractivity contribution is -0.142. The summed E-state index contributed by atoms with van der Waals surface area (Å²) in [5, 5.41) is 2.95. The molecule has 0 unspecified atom stereocenters. The predicted octanol–water partition coefficient (Wildman–Crippen LogP) is 4.74. The van der Waals surface area contributed by atoms with Gasteiger partial charge in [-0.3, -0.25) is 9.59 Å². The minimum Gasteiger partial charge on any atom is -0.483 e. The third-order valence-electron chi connectivity index (χ3n) is 5.47. The number of hydrogen-bond donors (Lipinski definition) is 1. The molecule has 2 aromatic carbocycles. The van der Waals surface area contributed by atoms with E-state index in [4.69, 9.17) is 4.74 Å². The highest BCUT2D eigenvalue weighted by atomic mass is 16.5. The van der Waals surface area contributed by atoms with Crippen LogP contribution in [0.1, 0.15) is 58.6 Å². The normalized spacial score (nSPS) is 12.2. The van der Waals surface area contributed by atoms with Crippen molar-refractivity contribution in [3.63, 3.8) is 0 Å². The Kier molecular flexibility index (Phi) is 9.76. The van der Waals surface area contributed by atoms with Gasteiger partial charge in [0.2, 0.25) is 5.91 Å². The molecule has 2 rings (SSSR count). The van der Waals surface area contributed by atoms with E-state index in [-0.39, 0.29) is 23.8 Å². The van der Waals surface area contributed by atoms with Crippen LogP contribution in [0, 0.1) is 0 Å². The molecule has 0 bridgehead atoms. The number of benzene rings is 2. The molecule has 0 saturated carbocycles. The molecule has 2 amide bonds. The number of ether oxygens (including phenoxy) is 1. The number of hydrogen-bond acceptors (Lipinski definition) is 3. The Morgan fingerprint density at radius 1 is 1.00 bits per heavy atom. The van der Waals surface area contributed by atoms with Crippen LogP contribution >= 0.6 is 0 Å². The summed E-state index contributed by atoms with van der Waals surface area (Å²) in [7, 11) is 0. The van der Waals surface area contributed by atoms with E-state index in [2.05, 4.69) is 26.1 Å². The van der Waals surface area contributed by atoms with Gasteiger partial charge in [-0.1, -0.05) is 83.1 Å². The minimum absolute atomic E-state index is 0.0978. The Morgan fingerprint density at radius 3 is 2.28 bits per heavy atom. The Bertz CT molecular complexity index is 859. The van der Waals surface area contributed by atoms with Crippen LogP contribution in [-0.2, 0) is 21.4 Å².